The fraction of sp³-hybridized carbons (Fsp3) is 0.900. The van der Waals surface area contributed by atoms with Gasteiger partial charge in [0.25, 0.3) is 7.82 Å². The van der Waals surface area contributed by atoms with E-state index in [1.807, 2.05) is 28.1 Å². The Kier molecular flexibility index (Phi) is 15.2. The van der Waals surface area contributed by atoms with E-state index in [0.717, 1.165) is 25.7 Å². The summed E-state index contributed by atoms with van der Waals surface area (Å²) in [7, 11) is 1.15. The molecule has 2 unspecified atom stereocenters. The van der Waals surface area contributed by atoms with Crippen molar-refractivity contribution in [2.24, 2.45) is 0 Å². The normalized spacial score (nSPS) is 14.7. The fourth-order valence-electron chi connectivity index (χ4n) is 2.33. The highest BCUT2D eigenvalue weighted by molar-refractivity contribution is 7.45. The monoisotopic (exact) mass is 453 g/mol. The van der Waals surface area contributed by atoms with Gasteiger partial charge < -0.3 is 27.9 Å². The summed E-state index contributed by atoms with van der Waals surface area (Å²) in [6, 6.07) is 0. The van der Waals surface area contributed by atoms with Crippen LogP contribution in [0.3, 0.4) is 0 Å². The summed E-state index contributed by atoms with van der Waals surface area (Å²) in [5.41, 5.74) is 0. The largest absolute Gasteiger partial charge is 0.756 e. The third-order valence-electron chi connectivity index (χ3n) is 4.10. The van der Waals surface area contributed by atoms with Crippen LogP contribution < -0.4 is 4.89 Å². The summed E-state index contributed by atoms with van der Waals surface area (Å²) in [4.78, 5) is 35.6. The van der Waals surface area contributed by atoms with E-state index in [9.17, 15) is 19.0 Å². The van der Waals surface area contributed by atoms with Crippen molar-refractivity contribution < 1.29 is 42.1 Å². The molecule has 0 heterocycles. The van der Waals surface area contributed by atoms with E-state index in [1.165, 1.54) is 0 Å². The van der Waals surface area contributed by atoms with Gasteiger partial charge in [0.15, 0.2) is 6.10 Å². The second-order valence-corrected chi connectivity index (χ2v) is 9.71. The smallest absolute Gasteiger partial charge is 0.306 e. The van der Waals surface area contributed by atoms with Crippen LogP contribution in [0.15, 0.2) is 0 Å². The molecule has 0 amide bonds. The predicted octanol–water partition coefficient (Wildman–Crippen LogP) is 2.81. The zero-order valence-electron chi connectivity index (χ0n) is 19.2. The molecule has 0 saturated carbocycles. The second-order valence-electron chi connectivity index (χ2n) is 8.30. The number of hydrogen-bond donors (Lipinski definition) is 0. The molecule has 30 heavy (non-hydrogen) atoms. The number of carbonyl (C=O) groups is 2. The number of unbranched alkanes of at least 4 members (excludes halogenated alkanes) is 4. The first-order valence-electron chi connectivity index (χ1n) is 10.7. The van der Waals surface area contributed by atoms with Crippen LogP contribution in [0.1, 0.15) is 65.2 Å². The summed E-state index contributed by atoms with van der Waals surface area (Å²) in [6.07, 6.45) is 4.94. The van der Waals surface area contributed by atoms with Gasteiger partial charge in [0, 0.05) is 12.8 Å². The Morgan fingerprint density at radius 1 is 0.900 bits per heavy atom. The number of likely N-dealkylation sites (N-methyl/N-ethyl adjacent to an activating group) is 1. The van der Waals surface area contributed by atoms with Crippen molar-refractivity contribution in [3.63, 3.8) is 0 Å². The highest BCUT2D eigenvalue weighted by Gasteiger charge is 2.21. The maximum Gasteiger partial charge on any atom is 0.306 e. The Bertz CT molecular complexity index is 535. The predicted molar refractivity (Wildman–Crippen MR) is 112 cm³/mol. The lowest BCUT2D eigenvalue weighted by molar-refractivity contribution is -0.870. The Hall–Kier alpha value is -0.990. The number of phosphoric ester groups is 1. The quantitative estimate of drug-likeness (QED) is 0.135. The lowest BCUT2D eigenvalue weighted by Gasteiger charge is -2.28. The molecule has 9 nitrogen and oxygen atoms in total. The highest BCUT2D eigenvalue weighted by Crippen LogP contribution is 2.38. The van der Waals surface area contributed by atoms with Gasteiger partial charge in [-0.05, 0) is 12.8 Å². The van der Waals surface area contributed by atoms with Gasteiger partial charge in [-0.1, -0.05) is 39.5 Å². The molecule has 2 atom stereocenters. The minimum Gasteiger partial charge on any atom is -0.756 e. The van der Waals surface area contributed by atoms with Gasteiger partial charge in [-0.15, -0.1) is 0 Å². The molecular weight excluding hydrogens is 413 g/mol. The van der Waals surface area contributed by atoms with Crippen molar-refractivity contribution in [2.45, 2.75) is 71.3 Å². The van der Waals surface area contributed by atoms with Crippen LogP contribution in [-0.4, -0.2) is 70.0 Å². The second kappa shape index (κ2) is 15.8. The number of quaternary nitrogens is 1. The summed E-state index contributed by atoms with van der Waals surface area (Å²) in [5.74, 6) is -0.916. The van der Waals surface area contributed by atoms with Gasteiger partial charge in [-0.3, -0.25) is 14.2 Å². The van der Waals surface area contributed by atoms with Gasteiger partial charge >= 0.3 is 11.9 Å². The molecule has 0 N–H and O–H groups in total. The molecule has 0 spiro atoms. The number of ether oxygens (including phenoxy) is 2. The zero-order valence-corrected chi connectivity index (χ0v) is 20.1. The van der Waals surface area contributed by atoms with Gasteiger partial charge in [0.1, 0.15) is 19.8 Å². The maximum absolute atomic E-state index is 12.1. The van der Waals surface area contributed by atoms with Gasteiger partial charge in [0.2, 0.25) is 0 Å². The topological polar surface area (TPSA) is 111 Å². The molecule has 0 aromatic heterocycles. The molecule has 0 fully saturated rings. The Morgan fingerprint density at radius 3 is 2.17 bits per heavy atom. The minimum absolute atomic E-state index is 0.0298. The lowest BCUT2D eigenvalue weighted by Crippen LogP contribution is -2.37. The highest BCUT2D eigenvalue weighted by atomic mass is 31.2. The van der Waals surface area contributed by atoms with Gasteiger partial charge in [-0.2, -0.15) is 0 Å². The van der Waals surface area contributed by atoms with E-state index in [0.29, 0.717) is 23.9 Å². The summed E-state index contributed by atoms with van der Waals surface area (Å²) in [6.45, 7) is 3.66. The molecule has 0 aliphatic heterocycles. The molecule has 0 radical (unpaired) electrons. The Morgan fingerprint density at radius 2 is 1.57 bits per heavy atom. The Labute approximate surface area is 181 Å². The van der Waals surface area contributed by atoms with E-state index in [1.54, 1.807) is 0 Å². The van der Waals surface area contributed by atoms with Crippen LogP contribution in [0.4, 0.5) is 0 Å². The lowest BCUT2D eigenvalue weighted by atomic mass is 10.1. The molecule has 0 rings (SSSR count). The van der Waals surface area contributed by atoms with Gasteiger partial charge in [0.05, 0.1) is 27.7 Å². The molecule has 178 valence electrons. The van der Waals surface area contributed by atoms with Crippen LogP contribution in [0.5, 0.6) is 0 Å². The number of nitrogens with zero attached hydrogens (tertiary/aromatic N) is 1. The molecule has 0 aliphatic rings. The molecule has 0 aromatic carbocycles. The number of carbonyl (C=O) groups excluding carboxylic acids is 2. The third-order valence-corrected chi connectivity index (χ3v) is 5.06. The summed E-state index contributed by atoms with van der Waals surface area (Å²) < 4.78 is 32.5. The molecule has 0 aromatic rings. The van der Waals surface area contributed by atoms with Crippen LogP contribution in [-0.2, 0) is 32.7 Å². The van der Waals surface area contributed by atoms with Crippen LogP contribution in [0, 0.1) is 0 Å². The molecule has 10 heteroatoms. The molecule has 0 saturated heterocycles. The van der Waals surface area contributed by atoms with Gasteiger partial charge in [-0.25, -0.2) is 0 Å². The first-order valence-corrected chi connectivity index (χ1v) is 12.2. The van der Waals surface area contributed by atoms with Crippen molar-refractivity contribution in [2.75, 3.05) is 47.5 Å². The first-order chi connectivity index (χ1) is 14.0. The number of esters is 2. The Balaban J connectivity index is 4.58. The van der Waals surface area contributed by atoms with E-state index in [2.05, 4.69) is 6.92 Å². The molecular formula is C20H40NO8P. The molecule has 0 bridgehead atoms. The van der Waals surface area contributed by atoms with Crippen molar-refractivity contribution in [3.8, 4) is 0 Å². The van der Waals surface area contributed by atoms with Crippen LogP contribution in [0.2, 0.25) is 0 Å². The number of hydrogen-bond acceptors (Lipinski definition) is 8. The van der Waals surface area contributed by atoms with Crippen molar-refractivity contribution in [3.05, 3.63) is 0 Å². The average Bonchev–Trinajstić information content (AvgIpc) is 2.62. The summed E-state index contributed by atoms with van der Waals surface area (Å²) in [5, 5.41) is 0. The maximum atomic E-state index is 12.1. The summed E-state index contributed by atoms with van der Waals surface area (Å²) >= 11 is 0. The fourth-order valence-corrected chi connectivity index (χ4v) is 3.06. The van der Waals surface area contributed by atoms with E-state index in [-0.39, 0.29) is 26.1 Å². The van der Waals surface area contributed by atoms with Crippen molar-refractivity contribution in [1.82, 2.24) is 0 Å². The van der Waals surface area contributed by atoms with E-state index < -0.39 is 32.5 Å². The van der Waals surface area contributed by atoms with E-state index in [4.69, 9.17) is 18.5 Å². The van der Waals surface area contributed by atoms with Crippen LogP contribution in [0.25, 0.3) is 0 Å². The number of rotatable bonds is 18. The zero-order chi connectivity index (χ0) is 23.0. The standard InChI is InChI=1S/C20H40NO8P/c1-6-8-9-10-11-13-20(23)29-18(16-26-19(22)12-7-2)17-28-30(24,25)27-15-14-21(3,4)5/h18H,6-17H2,1-5H3. The number of phosphoric acid groups is 1. The first kappa shape index (κ1) is 29.0. The molecule has 0 aliphatic carbocycles. The third kappa shape index (κ3) is 17.8. The van der Waals surface area contributed by atoms with E-state index >= 15 is 0 Å². The van der Waals surface area contributed by atoms with Crippen LogP contribution >= 0.6 is 7.82 Å². The minimum atomic E-state index is -4.56. The average molecular weight is 454 g/mol. The SMILES string of the molecule is CCCCCCCC(=O)OC(COC(=O)CCC)COP(=O)([O-])OCC[N+](C)(C)C. The van der Waals surface area contributed by atoms with Crippen molar-refractivity contribution in [1.29, 1.82) is 0 Å². The van der Waals surface area contributed by atoms with Crippen molar-refractivity contribution >= 4 is 19.8 Å².